The fourth-order valence-corrected chi connectivity index (χ4v) is 2.67. The van der Waals surface area contributed by atoms with Crippen molar-refractivity contribution < 1.29 is 4.52 Å². The second kappa shape index (κ2) is 4.77. The highest BCUT2D eigenvalue weighted by atomic mass is 16.5. The summed E-state index contributed by atoms with van der Waals surface area (Å²) in [6.45, 7) is 6.04. The molecule has 1 aliphatic heterocycles. The third kappa shape index (κ3) is 2.16. The van der Waals surface area contributed by atoms with Crippen molar-refractivity contribution in [2.24, 2.45) is 7.05 Å². The molecule has 1 N–H and O–H groups in total. The molecule has 1 aliphatic rings. The van der Waals surface area contributed by atoms with Crippen LogP contribution in [-0.4, -0.2) is 33.0 Å². The predicted molar refractivity (Wildman–Crippen MR) is 70.8 cm³/mol. The monoisotopic (exact) mass is 261 g/mol. The Kier molecular flexibility index (Phi) is 3.10. The summed E-state index contributed by atoms with van der Waals surface area (Å²) in [6.07, 6.45) is 2.12. The summed E-state index contributed by atoms with van der Waals surface area (Å²) >= 11 is 0. The Bertz CT molecular complexity index is 580. The highest BCUT2D eigenvalue weighted by molar-refractivity contribution is 5.60. The Morgan fingerprint density at radius 1 is 1.26 bits per heavy atom. The molecular weight excluding hydrogens is 242 g/mol. The number of piperidine rings is 1. The molecule has 0 aliphatic carbocycles. The summed E-state index contributed by atoms with van der Waals surface area (Å²) < 4.78 is 7.30. The molecule has 2 aromatic rings. The van der Waals surface area contributed by atoms with E-state index < -0.39 is 0 Å². The van der Waals surface area contributed by atoms with Gasteiger partial charge in [0.1, 0.15) is 0 Å². The van der Waals surface area contributed by atoms with Crippen LogP contribution in [0.3, 0.4) is 0 Å². The minimum absolute atomic E-state index is 0.389. The lowest BCUT2D eigenvalue weighted by Crippen LogP contribution is -2.26. The SMILES string of the molecule is Cc1nn(C)c(C)c1-c1noc(C2CCNCC2)n1. The number of aromatic nitrogens is 4. The second-order valence-corrected chi connectivity index (χ2v) is 5.15. The van der Waals surface area contributed by atoms with E-state index in [1.807, 2.05) is 25.6 Å². The summed E-state index contributed by atoms with van der Waals surface area (Å²) in [5.41, 5.74) is 3.00. The minimum atomic E-state index is 0.389. The highest BCUT2D eigenvalue weighted by Gasteiger charge is 2.23. The lowest BCUT2D eigenvalue weighted by molar-refractivity contribution is 0.320. The van der Waals surface area contributed by atoms with Crippen LogP contribution in [0.5, 0.6) is 0 Å². The van der Waals surface area contributed by atoms with E-state index in [4.69, 9.17) is 4.52 Å². The Labute approximate surface area is 112 Å². The largest absolute Gasteiger partial charge is 0.339 e. The maximum absolute atomic E-state index is 5.45. The molecule has 102 valence electrons. The summed E-state index contributed by atoms with van der Waals surface area (Å²) in [6, 6.07) is 0. The first-order valence-corrected chi connectivity index (χ1v) is 6.71. The second-order valence-electron chi connectivity index (χ2n) is 5.15. The summed E-state index contributed by atoms with van der Waals surface area (Å²) in [4.78, 5) is 4.58. The number of rotatable bonds is 2. The van der Waals surface area contributed by atoms with E-state index in [1.54, 1.807) is 0 Å². The molecule has 0 spiro atoms. The zero-order valence-electron chi connectivity index (χ0n) is 11.6. The summed E-state index contributed by atoms with van der Waals surface area (Å²) in [5.74, 6) is 1.82. The number of hydrogen-bond donors (Lipinski definition) is 1. The van der Waals surface area contributed by atoms with Crippen LogP contribution in [0.25, 0.3) is 11.4 Å². The standard InChI is InChI=1S/C13H19N5O/c1-8-11(9(2)18(3)16-8)12-15-13(19-17-12)10-4-6-14-7-5-10/h10,14H,4-7H2,1-3H3. The van der Waals surface area contributed by atoms with Crippen LogP contribution in [0.4, 0.5) is 0 Å². The smallest absolute Gasteiger partial charge is 0.230 e. The minimum Gasteiger partial charge on any atom is -0.339 e. The summed E-state index contributed by atoms with van der Waals surface area (Å²) in [7, 11) is 1.93. The molecule has 6 nitrogen and oxygen atoms in total. The first-order chi connectivity index (χ1) is 9.16. The predicted octanol–water partition coefficient (Wildman–Crippen LogP) is 1.55. The van der Waals surface area contributed by atoms with Crippen molar-refractivity contribution in [2.45, 2.75) is 32.6 Å². The van der Waals surface area contributed by atoms with E-state index in [0.717, 1.165) is 48.8 Å². The molecule has 0 atom stereocenters. The maximum Gasteiger partial charge on any atom is 0.230 e. The van der Waals surface area contributed by atoms with E-state index in [0.29, 0.717) is 11.7 Å². The van der Waals surface area contributed by atoms with Crippen LogP contribution >= 0.6 is 0 Å². The van der Waals surface area contributed by atoms with Crippen LogP contribution in [0.15, 0.2) is 4.52 Å². The van der Waals surface area contributed by atoms with Gasteiger partial charge in [0.25, 0.3) is 0 Å². The topological polar surface area (TPSA) is 68.8 Å². The van der Waals surface area contributed by atoms with Crippen molar-refractivity contribution >= 4 is 0 Å². The van der Waals surface area contributed by atoms with E-state index in [-0.39, 0.29) is 0 Å². The van der Waals surface area contributed by atoms with Crippen molar-refractivity contribution in [1.82, 2.24) is 25.2 Å². The third-order valence-electron chi connectivity index (χ3n) is 3.86. The van der Waals surface area contributed by atoms with Gasteiger partial charge in [0.05, 0.1) is 11.3 Å². The van der Waals surface area contributed by atoms with Gasteiger partial charge in [-0.1, -0.05) is 5.16 Å². The number of nitrogens with zero attached hydrogens (tertiary/aromatic N) is 4. The van der Waals surface area contributed by atoms with E-state index in [9.17, 15) is 0 Å². The van der Waals surface area contributed by atoms with Gasteiger partial charge >= 0.3 is 0 Å². The molecule has 0 bridgehead atoms. The molecule has 0 amide bonds. The van der Waals surface area contributed by atoms with E-state index in [1.165, 1.54) is 0 Å². The Morgan fingerprint density at radius 3 is 2.63 bits per heavy atom. The van der Waals surface area contributed by atoms with Crippen molar-refractivity contribution in [2.75, 3.05) is 13.1 Å². The van der Waals surface area contributed by atoms with Gasteiger partial charge in [0.15, 0.2) is 0 Å². The molecule has 6 heteroatoms. The number of nitrogens with one attached hydrogen (secondary N) is 1. The molecular formula is C13H19N5O. The summed E-state index contributed by atoms with van der Waals surface area (Å²) in [5, 5.41) is 11.9. The van der Waals surface area contributed by atoms with Gasteiger partial charge in [-0.05, 0) is 39.8 Å². The van der Waals surface area contributed by atoms with E-state index in [2.05, 4.69) is 20.6 Å². The Morgan fingerprint density at radius 2 is 2.00 bits per heavy atom. The van der Waals surface area contributed by atoms with E-state index >= 15 is 0 Å². The number of aryl methyl sites for hydroxylation is 2. The van der Waals surface area contributed by atoms with Crippen molar-refractivity contribution in [1.29, 1.82) is 0 Å². The first kappa shape index (κ1) is 12.3. The Balaban J connectivity index is 1.92. The van der Waals surface area contributed by atoms with Crippen LogP contribution in [0.2, 0.25) is 0 Å². The molecule has 19 heavy (non-hydrogen) atoms. The average Bonchev–Trinajstić information content (AvgIpc) is 2.97. The average molecular weight is 261 g/mol. The maximum atomic E-state index is 5.45. The lowest BCUT2D eigenvalue weighted by Gasteiger charge is -2.18. The van der Waals surface area contributed by atoms with Gasteiger partial charge in [-0.25, -0.2) is 0 Å². The molecule has 1 saturated heterocycles. The fraction of sp³-hybridized carbons (Fsp3) is 0.615. The number of hydrogen-bond acceptors (Lipinski definition) is 5. The molecule has 0 aromatic carbocycles. The molecule has 0 saturated carbocycles. The van der Waals surface area contributed by atoms with Crippen molar-refractivity contribution in [3.05, 3.63) is 17.3 Å². The molecule has 0 radical (unpaired) electrons. The van der Waals surface area contributed by atoms with Gasteiger partial charge in [0, 0.05) is 18.7 Å². The highest BCUT2D eigenvalue weighted by Crippen LogP contribution is 2.28. The van der Waals surface area contributed by atoms with Crippen LogP contribution in [0.1, 0.15) is 36.0 Å². The molecule has 3 heterocycles. The van der Waals surface area contributed by atoms with Gasteiger partial charge < -0.3 is 9.84 Å². The quantitative estimate of drug-likeness (QED) is 0.888. The van der Waals surface area contributed by atoms with Crippen molar-refractivity contribution in [3.63, 3.8) is 0 Å². The first-order valence-electron chi connectivity index (χ1n) is 6.71. The fourth-order valence-electron chi connectivity index (χ4n) is 2.67. The normalized spacial score (nSPS) is 17.0. The van der Waals surface area contributed by atoms with Crippen LogP contribution in [-0.2, 0) is 7.05 Å². The molecule has 0 unspecified atom stereocenters. The van der Waals surface area contributed by atoms with Gasteiger partial charge in [-0.3, -0.25) is 4.68 Å². The lowest BCUT2D eigenvalue weighted by atomic mass is 9.98. The Hall–Kier alpha value is -1.69. The van der Waals surface area contributed by atoms with Gasteiger partial charge in [0.2, 0.25) is 11.7 Å². The van der Waals surface area contributed by atoms with Crippen LogP contribution < -0.4 is 5.32 Å². The van der Waals surface area contributed by atoms with Crippen molar-refractivity contribution in [3.8, 4) is 11.4 Å². The zero-order chi connectivity index (χ0) is 13.4. The molecule has 2 aromatic heterocycles. The van der Waals surface area contributed by atoms with Crippen LogP contribution in [0, 0.1) is 13.8 Å². The van der Waals surface area contributed by atoms with Gasteiger partial charge in [-0.2, -0.15) is 10.1 Å². The third-order valence-corrected chi connectivity index (χ3v) is 3.86. The van der Waals surface area contributed by atoms with Gasteiger partial charge in [-0.15, -0.1) is 0 Å². The molecule has 1 fully saturated rings. The molecule has 3 rings (SSSR count). The zero-order valence-corrected chi connectivity index (χ0v) is 11.6.